The van der Waals surface area contributed by atoms with Crippen molar-refractivity contribution < 1.29 is 46.6 Å². The number of nitrogens with one attached hydrogen (secondary N) is 4. The number of carbonyl (C=O) groups excluding carboxylic acids is 5. The fourth-order valence-corrected chi connectivity index (χ4v) is 6.54. The van der Waals surface area contributed by atoms with Crippen LogP contribution in [0.5, 0.6) is 0 Å². The molecule has 2 heterocycles. The van der Waals surface area contributed by atoms with Gasteiger partial charge in [-0.2, -0.15) is 13.2 Å². The number of benzene rings is 2. The van der Waals surface area contributed by atoms with Crippen molar-refractivity contribution in [3.8, 4) is 0 Å². The lowest BCUT2D eigenvalue weighted by Crippen LogP contribution is -2.59. The van der Waals surface area contributed by atoms with Gasteiger partial charge in [-0.25, -0.2) is 0 Å². The molecule has 4 N–H and O–H groups in total. The minimum absolute atomic E-state index is 0.00406. The molecule has 0 aliphatic carbocycles. The molecule has 0 saturated carbocycles. The van der Waals surface area contributed by atoms with Crippen LogP contribution >= 0.6 is 0 Å². The van der Waals surface area contributed by atoms with Crippen LogP contribution in [0.2, 0.25) is 0 Å². The van der Waals surface area contributed by atoms with Crippen molar-refractivity contribution in [2.45, 2.75) is 103 Å². The van der Waals surface area contributed by atoms with Gasteiger partial charge in [0.25, 0.3) is 0 Å². The van der Waals surface area contributed by atoms with E-state index < -0.39 is 59.2 Å². The van der Waals surface area contributed by atoms with Gasteiger partial charge in [-0.15, -0.1) is 0 Å². The maximum absolute atomic E-state index is 14.1. The molecule has 2 saturated heterocycles. The Kier molecular flexibility index (Phi) is 16.0. The molecule has 0 spiro atoms. The highest BCUT2D eigenvalue weighted by atomic mass is 19.4. The molecule has 2 aliphatic heterocycles. The molecule has 0 radical (unpaired) electrons. The van der Waals surface area contributed by atoms with E-state index in [1.54, 1.807) is 6.92 Å². The summed E-state index contributed by atoms with van der Waals surface area (Å²) in [5.74, 6) is -2.77. The van der Waals surface area contributed by atoms with Gasteiger partial charge in [-0.3, -0.25) is 28.9 Å². The SMILES string of the molecule is CC(C)CC(NC(=O)[C@H](CCc1ccccc1)NC(=O)CN1CCOCC1)C(=O)N[C@@H](Cc1ccc(C(F)(F)F)cc1)C(=O)NC(CC(C)C)C(=O)[C@@]1(C)CO1. The Bertz CT molecular complexity index is 1630. The third kappa shape index (κ3) is 14.0. The first-order chi connectivity index (χ1) is 26.4. The largest absolute Gasteiger partial charge is 0.416 e. The first-order valence-electron chi connectivity index (χ1n) is 19.3. The zero-order valence-corrected chi connectivity index (χ0v) is 32.9. The Labute approximate surface area is 327 Å². The molecule has 2 aliphatic rings. The molecular formula is C41H56F3N5O7. The summed E-state index contributed by atoms with van der Waals surface area (Å²) in [5, 5.41) is 11.2. The lowest BCUT2D eigenvalue weighted by Gasteiger charge is -2.29. The molecule has 308 valence electrons. The molecule has 4 amide bonds. The Balaban J connectivity index is 1.56. The van der Waals surface area contributed by atoms with Gasteiger partial charge in [0.05, 0.1) is 38.0 Å². The van der Waals surface area contributed by atoms with Gasteiger partial charge in [0, 0.05) is 19.5 Å². The van der Waals surface area contributed by atoms with Gasteiger partial charge < -0.3 is 30.7 Å². The predicted octanol–water partition coefficient (Wildman–Crippen LogP) is 3.60. The number of hydrogen-bond acceptors (Lipinski definition) is 8. The topological polar surface area (TPSA) is 158 Å². The summed E-state index contributed by atoms with van der Waals surface area (Å²) in [5.41, 5.74) is -0.626. The van der Waals surface area contributed by atoms with Crippen LogP contribution in [0.25, 0.3) is 0 Å². The fraction of sp³-hybridized carbons (Fsp3) is 0.585. The molecule has 2 fully saturated rings. The van der Waals surface area contributed by atoms with E-state index in [4.69, 9.17) is 9.47 Å². The van der Waals surface area contributed by atoms with Crippen LogP contribution in [-0.4, -0.2) is 104 Å². The number of ether oxygens (including phenoxy) is 2. The second-order valence-electron chi connectivity index (χ2n) is 15.8. The van der Waals surface area contributed by atoms with Crippen molar-refractivity contribution in [2.24, 2.45) is 11.8 Å². The predicted molar refractivity (Wildman–Crippen MR) is 203 cm³/mol. The van der Waals surface area contributed by atoms with Crippen LogP contribution in [0.15, 0.2) is 54.6 Å². The molecule has 0 aromatic heterocycles. The van der Waals surface area contributed by atoms with Gasteiger partial charge >= 0.3 is 6.18 Å². The number of alkyl halides is 3. The Morgan fingerprint density at radius 1 is 0.732 bits per heavy atom. The van der Waals surface area contributed by atoms with Crippen LogP contribution in [0, 0.1) is 11.8 Å². The average molecular weight is 788 g/mol. The van der Waals surface area contributed by atoms with E-state index >= 15 is 0 Å². The lowest BCUT2D eigenvalue weighted by atomic mass is 9.93. The van der Waals surface area contributed by atoms with Crippen molar-refractivity contribution in [1.29, 1.82) is 0 Å². The molecule has 15 heteroatoms. The summed E-state index contributed by atoms with van der Waals surface area (Å²) in [6.07, 6.45) is -3.60. The van der Waals surface area contributed by atoms with Crippen LogP contribution in [0.3, 0.4) is 0 Å². The number of amides is 4. The number of epoxide rings is 1. The summed E-state index contributed by atoms with van der Waals surface area (Å²) in [4.78, 5) is 70.5. The van der Waals surface area contributed by atoms with Crippen LogP contribution < -0.4 is 21.3 Å². The Morgan fingerprint density at radius 2 is 1.27 bits per heavy atom. The summed E-state index contributed by atoms with van der Waals surface area (Å²) in [7, 11) is 0. The molecule has 56 heavy (non-hydrogen) atoms. The Morgan fingerprint density at radius 3 is 1.84 bits per heavy atom. The van der Waals surface area contributed by atoms with Crippen LogP contribution in [-0.2, 0) is 52.5 Å². The van der Waals surface area contributed by atoms with Crippen molar-refractivity contribution in [3.05, 3.63) is 71.3 Å². The van der Waals surface area contributed by atoms with E-state index in [0.717, 1.165) is 17.7 Å². The summed E-state index contributed by atoms with van der Waals surface area (Å²) in [6.45, 7) is 11.6. The van der Waals surface area contributed by atoms with Gasteiger partial charge in [0.2, 0.25) is 23.6 Å². The molecule has 2 unspecified atom stereocenters. The number of rotatable bonds is 20. The molecule has 0 bridgehead atoms. The normalized spacial score (nSPS) is 19.4. The van der Waals surface area contributed by atoms with Gasteiger partial charge in [-0.05, 0) is 67.7 Å². The second kappa shape index (κ2) is 20.2. The monoisotopic (exact) mass is 787 g/mol. The van der Waals surface area contributed by atoms with Gasteiger partial charge in [-0.1, -0.05) is 70.2 Å². The van der Waals surface area contributed by atoms with Crippen LogP contribution in [0.1, 0.15) is 70.6 Å². The zero-order chi connectivity index (χ0) is 41.0. The van der Waals surface area contributed by atoms with E-state index in [-0.39, 0.29) is 62.4 Å². The molecule has 2 aromatic carbocycles. The van der Waals surface area contributed by atoms with Crippen molar-refractivity contribution >= 4 is 29.4 Å². The summed E-state index contributed by atoms with van der Waals surface area (Å²) in [6, 6.07) is 9.30. The number of carbonyl (C=O) groups is 5. The second-order valence-corrected chi connectivity index (χ2v) is 15.8. The molecule has 4 rings (SSSR count). The quantitative estimate of drug-likeness (QED) is 0.148. The Hall–Kier alpha value is -4.34. The van der Waals surface area contributed by atoms with Crippen molar-refractivity contribution in [3.63, 3.8) is 0 Å². The molecular weight excluding hydrogens is 731 g/mol. The van der Waals surface area contributed by atoms with Crippen LogP contribution in [0.4, 0.5) is 13.2 Å². The number of morpholine rings is 1. The van der Waals surface area contributed by atoms with E-state index in [2.05, 4.69) is 21.3 Å². The minimum atomic E-state index is -4.57. The fourth-order valence-electron chi connectivity index (χ4n) is 6.54. The number of Topliss-reactive ketones (excluding diaryl/α,β-unsaturated/α-hetero) is 1. The molecule has 5 atom stereocenters. The van der Waals surface area contributed by atoms with Gasteiger partial charge in [0.15, 0.2) is 5.78 Å². The number of hydrogen-bond donors (Lipinski definition) is 4. The average Bonchev–Trinajstić information content (AvgIpc) is 3.90. The smallest absolute Gasteiger partial charge is 0.379 e. The summed E-state index contributed by atoms with van der Waals surface area (Å²) < 4.78 is 50.8. The third-order valence-corrected chi connectivity index (χ3v) is 9.82. The number of nitrogens with zero attached hydrogens (tertiary/aromatic N) is 1. The van der Waals surface area contributed by atoms with E-state index in [1.165, 1.54) is 12.1 Å². The highest BCUT2D eigenvalue weighted by Gasteiger charge is 2.50. The first-order valence-corrected chi connectivity index (χ1v) is 19.3. The van der Waals surface area contributed by atoms with Gasteiger partial charge in [0.1, 0.15) is 23.7 Å². The minimum Gasteiger partial charge on any atom is -0.379 e. The zero-order valence-electron chi connectivity index (χ0n) is 32.9. The highest BCUT2D eigenvalue weighted by Crippen LogP contribution is 2.30. The lowest BCUT2D eigenvalue weighted by molar-refractivity contribution is -0.137. The van der Waals surface area contributed by atoms with E-state index in [0.29, 0.717) is 38.3 Å². The maximum Gasteiger partial charge on any atom is 0.416 e. The number of aryl methyl sites for hydroxylation is 1. The van der Waals surface area contributed by atoms with Crippen molar-refractivity contribution in [1.82, 2.24) is 26.2 Å². The molecule has 12 nitrogen and oxygen atoms in total. The first kappa shape index (κ1) is 44.4. The third-order valence-electron chi connectivity index (χ3n) is 9.82. The number of ketones is 1. The highest BCUT2D eigenvalue weighted by molar-refractivity contribution is 5.98. The standard InChI is InChI=1S/C41H56F3N5O7/c1-26(2)21-32(36(51)40(5)25-56-40)46-39(54)34(23-29-11-14-30(15-12-29)41(42,43)44)48-38(53)33(22-27(3)4)47-37(52)31(16-13-28-9-7-6-8-10-28)45-35(50)24-49-17-19-55-20-18-49/h6-12,14-15,26-27,31-34H,13,16-25H2,1-5H3,(H,45,50)(H,46,54)(H,47,52)(H,48,53)/t31-,32?,33?,34-,40+/m0/s1. The van der Waals surface area contributed by atoms with Crippen molar-refractivity contribution in [2.75, 3.05) is 39.5 Å². The van der Waals surface area contributed by atoms with E-state index in [1.807, 2.05) is 62.9 Å². The summed E-state index contributed by atoms with van der Waals surface area (Å²) >= 11 is 0. The maximum atomic E-state index is 14.1. The van der Waals surface area contributed by atoms with E-state index in [9.17, 15) is 37.1 Å². The molecule has 2 aromatic rings. The number of halogens is 3.